The molecule has 0 aliphatic carbocycles. The monoisotopic (exact) mass is 340 g/mol. The Morgan fingerprint density at radius 2 is 2.24 bits per heavy atom. The molecule has 1 fully saturated rings. The molecule has 1 aliphatic heterocycles. The van der Waals surface area contributed by atoms with Crippen LogP contribution in [0, 0.1) is 5.82 Å². The molecule has 0 spiro atoms. The number of benzene rings is 1. The summed E-state index contributed by atoms with van der Waals surface area (Å²) in [5.74, 6) is 0.823. The number of halogens is 1. The second-order valence-electron chi connectivity index (χ2n) is 5.98. The average Bonchev–Trinajstić information content (AvgIpc) is 3.31. The van der Waals surface area contributed by atoms with Gasteiger partial charge in [0.1, 0.15) is 35.3 Å². The van der Waals surface area contributed by atoms with E-state index in [1.54, 1.807) is 24.5 Å². The van der Waals surface area contributed by atoms with E-state index in [4.69, 9.17) is 4.42 Å². The smallest absolute Gasteiger partial charge is 0.243 e. The molecule has 1 atom stereocenters. The molecule has 128 valence electrons. The number of para-hydroxylation sites is 1. The first kappa shape index (κ1) is 15.6. The van der Waals surface area contributed by atoms with Crippen LogP contribution in [-0.2, 0) is 11.3 Å². The van der Waals surface area contributed by atoms with Crippen molar-refractivity contribution in [3.63, 3.8) is 0 Å². The number of anilines is 1. The van der Waals surface area contributed by atoms with E-state index < -0.39 is 0 Å². The van der Waals surface area contributed by atoms with Crippen LogP contribution in [0.3, 0.4) is 0 Å². The van der Waals surface area contributed by atoms with E-state index in [9.17, 15) is 9.18 Å². The van der Waals surface area contributed by atoms with Gasteiger partial charge in [-0.05, 0) is 37.1 Å². The normalized spacial score (nSPS) is 17.2. The Labute approximate surface area is 143 Å². The fourth-order valence-electron chi connectivity index (χ4n) is 3.26. The lowest BCUT2D eigenvalue weighted by atomic mass is 10.1. The third-order valence-corrected chi connectivity index (χ3v) is 4.44. The summed E-state index contributed by atoms with van der Waals surface area (Å²) in [6.45, 7) is 1.04. The van der Waals surface area contributed by atoms with Crippen LogP contribution in [0.15, 0.2) is 47.3 Å². The largest absolute Gasteiger partial charge is 0.467 e. The van der Waals surface area contributed by atoms with Gasteiger partial charge in [-0.2, -0.15) is 0 Å². The first-order valence-corrected chi connectivity index (χ1v) is 8.20. The first-order valence-electron chi connectivity index (χ1n) is 8.20. The molecule has 7 heteroatoms. The molecule has 2 aromatic heterocycles. The van der Waals surface area contributed by atoms with Crippen LogP contribution in [0.2, 0.25) is 0 Å². The number of hydrogen-bond donors (Lipinski definition) is 1. The Bertz CT molecular complexity index is 897. The number of carbonyl (C=O) groups excluding carboxylic acids is 1. The molecule has 0 radical (unpaired) electrons. The van der Waals surface area contributed by atoms with E-state index in [1.165, 1.54) is 12.4 Å². The van der Waals surface area contributed by atoms with Crippen molar-refractivity contribution in [2.24, 2.45) is 0 Å². The second kappa shape index (κ2) is 6.51. The summed E-state index contributed by atoms with van der Waals surface area (Å²) in [7, 11) is 0. The molecule has 1 saturated heterocycles. The molecule has 1 N–H and O–H groups in total. The summed E-state index contributed by atoms with van der Waals surface area (Å²) >= 11 is 0. The Morgan fingerprint density at radius 1 is 1.32 bits per heavy atom. The lowest BCUT2D eigenvalue weighted by molar-refractivity contribution is -0.122. The Balaban J connectivity index is 1.59. The predicted molar refractivity (Wildman–Crippen MR) is 90.4 cm³/mol. The standard InChI is InChI=1S/C18H17FN4O2/c19-14-6-1-5-13-16(14)21-11-22-17(13)23-8-2-7-15(23)18(24)20-10-12-4-3-9-25-12/h1,3-6,9,11,15H,2,7-8,10H2,(H,20,24). The summed E-state index contributed by atoms with van der Waals surface area (Å²) in [4.78, 5) is 22.9. The summed E-state index contributed by atoms with van der Waals surface area (Å²) in [6, 6.07) is 8.04. The number of rotatable bonds is 4. The lowest BCUT2D eigenvalue weighted by Crippen LogP contribution is -2.43. The number of carbonyl (C=O) groups is 1. The minimum atomic E-state index is -0.390. The molecule has 3 aromatic rings. The molecule has 1 amide bonds. The van der Waals surface area contributed by atoms with Gasteiger partial charge in [-0.1, -0.05) is 6.07 Å². The van der Waals surface area contributed by atoms with Crippen molar-refractivity contribution in [1.82, 2.24) is 15.3 Å². The molecule has 0 bridgehead atoms. The van der Waals surface area contributed by atoms with E-state index in [1.807, 2.05) is 11.0 Å². The summed E-state index contributed by atoms with van der Waals surface area (Å²) in [6.07, 6.45) is 4.52. The van der Waals surface area contributed by atoms with Crippen molar-refractivity contribution in [2.45, 2.75) is 25.4 Å². The summed E-state index contributed by atoms with van der Waals surface area (Å²) < 4.78 is 19.2. The van der Waals surface area contributed by atoms with Crippen LogP contribution in [-0.4, -0.2) is 28.5 Å². The zero-order chi connectivity index (χ0) is 17.2. The third kappa shape index (κ3) is 2.93. The topological polar surface area (TPSA) is 71.3 Å². The van der Waals surface area contributed by atoms with Gasteiger partial charge in [0.2, 0.25) is 5.91 Å². The van der Waals surface area contributed by atoms with Gasteiger partial charge >= 0.3 is 0 Å². The lowest BCUT2D eigenvalue weighted by Gasteiger charge is -2.25. The molecule has 1 unspecified atom stereocenters. The maximum atomic E-state index is 14.0. The quantitative estimate of drug-likeness (QED) is 0.790. The van der Waals surface area contributed by atoms with Gasteiger partial charge in [-0.25, -0.2) is 14.4 Å². The highest BCUT2D eigenvalue weighted by Gasteiger charge is 2.32. The van der Waals surface area contributed by atoms with Crippen LogP contribution >= 0.6 is 0 Å². The van der Waals surface area contributed by atoms with Gasteiger partial charge in [0.05, 0.1) is 12.8 Å². The molecule has 3 heterocycles. The van der Waals surface area contributed by atoms with Crippen molar-refractivity contribution in [3.8, 4) is 0 Å². The third-order valence-electron chi connectivity index (χ3n) is 4.44. The molecule has 1 aliphatic rings. The highest BCUT2D eigenvalue weighted by Crippen LogP contribution is 2.30. The van der Waals surface area contributed by atoms with Crippen LogP contribution in [0.4, 0.5) is 10.2 Å². The highest BCUT2D eigenvalue weighted by atomic mass is 19.1. The van der Waals surface area contributed by atoms with Crippen molar-refractivity contribution < 1.29 is 13.6 Å². The van der Waals surface area contributed by atoms with Crippen molar-refractivity contribution in [3.05, 3.63) is 54.5 Å². The zero-order valence-corrected chi connectivity index (χ0v) is 13.5. The molecular formula is C18H17FN4O2. The van der Waals surface area contributed by atoms with Crippen molar-refractivity contribution in [1.29, 1.82) is 0 Å². The van der Waals surface area contributed by atoms with Crippen molar-refractivity contribution >= 4 is 22.6 Å². The van der Waals surface area contributed by atoms with Gasteiger partial charge in [-0.3, -0.25) is 4.79 Å². The summed E-state index contributed by atoms with van der Waals surface area (Å²) in [5, 5.41) is 3.51. The fourth-order valence-corrected chi connectivity index (χ4v) is 3.26. The Morgan fingerprint density at radius 3 is 3.08 bits per heavy atom. The summed E-state index contributed by atoms with van der Waals surface area (Å²) in [5.41, 5.74) is 0.272. The molecule has 6 nitrogen and oxygen atoms in total. The maximum absolute atomic E-state index is 14.0. The number of fused-ring (bicyclic) bond motifs is 1. The number of nitrogens with one attached hydrogen (secondary N) is 1. The van der Waals surface area contributed by atoms with Crippen LogP contribution in [0.1, 0.15) is 18.6 Å². The Hall–Kier alpha value is -2.96. The molecule has 1 aromatic carbocycles. The Kier molecular flexibility index (Phi) is 4.05. The van der Waals surface area contributed by atoms with Gasteiger partial charge in [0.15, 0.2) is 0 Å². The fraction of sp³-hybridized carbons (Fsp3) is 0.278. The van der Waals surface area contributed by atoms with E-state index in [0.29, 0.717) is 30.1 Å². The SMILES string of the molecule is O=C(NCc1ccco1)C1CCCN1c1ncnc2c(F)cccc12. The van der Waals surface area contributed by atoms with E-state index in [-0.39, 0.29) is 23.3 Å². The second-order valence-corrected chi connectivity index (χ2v) is 5.98. The zero-order valence-electron chi connectivity index (χ0n) is 13.5. The van der Waals surface area contributed by atoms with Gasteiger partial charge in [0.25, 0.3) is 0 Å². The molecule has 0 saturated carbocycles. The minimum absolute atomic E-state index is 0.0861. The number of amides is 1. The van der Waals surface area contributed by atoms with Crippen molar-refractivity contribution in [2.75, 3.05) is 11.4 Å². The van der Waals surface area contributed by atoms with Crippen LogP contribution < -0.4 is 10.2 Å². The van der Waals surface area contributed by atoms with E-state index in [0.717, 1.165) is 12.8 Å². The maximum Gasteiger partial charge on any atom is 0.243 e. The predicted octanol–water partition coefficient (Wildman–Crippen LogP) is 2.65. The molecule has 25 heavy (non-hydrogen) atoms. The van der Waals surface area contributed by atoms with Crippen LogP contribution in [0.25, 0.3) is 10.9 Å². The van der Waals surface area contributed by atoms with E-state index >= 15 is 0 Å². The van der Waals surface area contributed by atoms with Gasteiger partial charge in [-0.15, -0.1) is 0 Å². The molecular weight excluding hydrogens is 323 g/mol. The first-order chi connectivity index (χ1) is 12.2. The van der Waals surface area contributed by atoms with Crippen LogP contribution in [0.5, 0.6) is 0 Å². The van der Waals surface area contributed by atoms with Gasteiger partial charge < -0.3 is 14.6 Å². The van der Waals surface area contributed by atoms with E-state index in [2.05, 4.69) is 15.3 Å². The number of nitrogens with zero attached hydrogens (tertiary/aromatic N) is 3. The highest BCUT2D eigenvalue weighted by molar-refractivity contribution is 5.93. The number of aromatic nitrogens is 2. The number of hydrogen-bond acceptors (Lipinski definition) is 5. The van der Waals surface area contributed by atoms with Gasteiger partial charge in [0, 0.05) is 11.9 Å². The molecule has 4 rings (SSSR count). The minimum Gasteiger partial charge on any atom is -0.467 e. The average molecular weight is 340 g/mol. The number of furan rings is 1.